The van der Waals surface area contributed by atoms with Crippen molar-refractivity contribution in [3.05, 3.63) is 53.4 Å². The van der Waals surface area contributed by atoms with Crippen LogP contribution in [0.15, 0.2) is 42.7 Å². The average molecular weight is 426 g/mol. The van der Waals surface area contributed by atoms with E-state index in [-0.39, 0.29) is 24.8 Å². The molecule has 2 aliphatic rings. The fourth-order valence-electron chi connectivity index (χ4n) is 4.52. The second-order valence-corrected chi connectivity index (χ2v) is 7.85. The van der Waals surface area contributed by atoms with Crippen molar-refractivity contribution in [3.63, 3.8) is 0 Å². The van der Waals surface area contributed by atoms with Gasteiger partial charge >= 0.3 is 0 Å². The molecular formula is C20H23Cl3N4. The lowest BCUT2D eigenvalue weighted by Crippen LogP contribution is -2.38. The highest BCUT2D eigenvalue weighted by molar-refractivity contribution is 6.30. The Morgan fingerprint density at radius 3 is 2.63 bits per heavy atom. The van der Waals surface area contributed by atoms with Crippen molar-refractivity contribution in [1.29, 1.82) is 0 Å². The van der Waals surface area contributed by atoms with Crippen LogP contribution in [0.3, 0.4) is 0 Å². The molecule has 144 valence electrons. The van der Waals surface area contributed by atoms with Crippen LogP contribution < -0.4 is 5.32 Å². The third-order valence-electron chi connectivity index (χ3n) is 5.61. The Labute approximate surface area is 176 Å². The molecule has 5 heterocycles. The van der Waals surface area contributed by atoms with Gasteiger partial charge < -0.3 is 5.32 Å². The van der Waals surface area contributed by atoms with Crippen LogP contribution in [0.4, 0.5) is 0 Å². The van der Waals surface area contributed by atoms with Crippen LogP contribution in [0.25, 0.3) is 17.0 Å². The van der Waals surface area contributed by atoms with Crippen molar-refractivity contribution in [2.75, 3.05) is 0 Å². The van der Waals surface area contributed by atoms with Gasteiger partial charge in [0.15, 0.2) is 0 Å². The van der Waals surface area contributed by atoms with Gasteiger partial charge in [0.1, 0.15) is 5.65 Å². The fourth-order valence-corrected chi connectivity index (χ4v) is 4.68. The van der Waals surface area contributed by atoms with Crippen LogP contribution in [-0.4, -0.2) is 26.5 Å². The Morgan fingerprint density at radius 1 is 1.07 bits per heavy atom. The molecule has 0 aromatic carbocycles. The van der Waals surface area contributed by atoms with E-state index in [0.29, 0.717) is 5.02 Å². The van der Waals surface area contributed by atoms with Crippen LogP contribution >= 0.6 is 36.4 Å². The highest BCUT2D eigenvalue weighted by Crippen LogP contribution is 2.33. The van der Waals surface area contributed by atoms with Gasteiger partial charge in [0.2, 0.25) is 0 Å². The second-order valence-electron chi connectivity index (χ2n) is 7.41. The summed E-state index contributed by atoms with van der Waals surface area (Å²) >= 11 is 6.15. The number of piperidine rings is 1. The number of pyridine rings is 2. The van der Waals surface area contributed by atoms with E-state index in [1.807, 2.05) is 28.9 Å². The molecule has 3 aromatic rings. The number of nitrogens with zero attached hydrogens (tertiary/aromatic N) is 3. The molecule has 7 heteroatoms. The summed E-state index contributed by atoms with van der Waals surface area (Å²) in [7, 11) is 0. The zero-order chi connectivity index (χ0) is 16.8. The third-order valence-corrected chi connectivity index (χ3v) is 5.83. The van der Waals surface area contributed by atoms with Gasteiger partial charge in [-0.25, -0.2) is 4.98 Å². The number of hydrogen-bond acceptors (Lipinski definition) is 3. The second kappa shape index (κ2) is 8.36. The van der Waals surface area contributed by atoms with Crippen LogP contribution in [0.5, 0.6) is 0 Å². The smallest absolute Gasteiger partial charge is 0.137 e. The summed E-state index contributed by atoms with van der Waals surface area (Å²) in [5.41, 5.74) is 4.02. The minimum Gasteiger partial charge on any atom is -0.311 e. The highest BCUT2D eigenvalue weighted by atomic mass is 35.5. The zero-order valence-corrected chi connectivity index (χ0v) is 17.2. The molecule has 0 radical (unpaired) electrons. The normalized spacial score (nSPS) is 23.7. The predicted octanol–water partition coefficient (Wildman–Crippen LogP) is 4.97. The first-order valence-corrected chi connectivity index (χ1v) is 9.47. The summed E-state index contributed by atoms with van der Waals surface area (Å²) in [6.07, 6.45) is 10.1. The molecule has 0 spiro atoms. The monoisotopic (exact) mass is 424 g/mol. The molecule has 27 heavy (non-hydrogen) atoms. The number of halogens is 3. The molecule has 2 saturated heterocycles. The Kier molecular flexibility index (Phi) is 6.32. The summed E-state index contributed by atoms with van der Waals surface area (Å²) in [6.45, 7) is 0. The quantitative estimate of drug-likeness (QED) is 0.644. The van der Waals surface area contributed by atoms with E-state index in [0.717, 1.165) is 41.5 Å². The lowest BCUT2D eigenvalue weighted by atomic mass is 9.88. The van der Waals surface area contributed by atoms with Gasteiger partial charge in [-0.05, 0) is 62.3 Å². The molecule has 4 nitrogen and oxygen atoms in total. The van der Waals surface area contributed by atoms with E-state index in [9.17, 15) is 0 Å². The maximum absolute atomic E-state index is 6.15. The lowest BCUT2D eigenvalue weighted by Gasteiger charge is -2.28. The molecule has 0 saturated carbocycles. The first-order valence-electron chi connectivity index (χ1n) is 9.09. The van der Waals surface area contributed by atoms with Crippen molar-refractivity contribution in [2.45, 2.75) is 44.2 Å². The Hall–Kier alpha value is -1.33. The van der Waals surface area contributed by atoms with E-state index in [1.54, 1.807) is 0 Å². The molecule has 5 rings (SSSR count). The summed E-state index contributed by atoms with van der Waals surface area (Å²) in [6, 6.07) is 11.6. The highest BCUT2D eigenvalue weighted by Gasteiger charge is 2.33. The number of hydrogen-bond donors (Lipinski definition) is 1. The number of nitrogens with one attached hydrogen (secondary N) is 1. The van der Waals surface area contributed by atoms with E-state index in [1.165, 1.54) is 31.4 Å². The van der Waals surface area contributed by atoms with Crippen LogP contribution in [0, 0.1) is 5.92 Å². The summed E-state index contributed by atoms with van der Waals surface area (Å²) in [5.74, 6) is 0.748. The number of imidazole rings is 1. The largest absolute Gasteiger partial charge is 0.311 e. The summed E-state index contributed by atoms with van der Waals surface area (Å²) < 4.78 is 2.01. The van der Waals surface area contributed by atoms with E-state index >= 15 is 0 Å². The van der Waals surface area contributed by atoms with E-state index < -0.39 is 0 Å². The van der Waals surface area contributed by atoms with Gasteiger partial charge in [0, 0.05) is 24.0 Å². The summed E-state index contributed by atoms with van der Waals surface area (Å²) in [4.78, 5) is 9.40. The standard InChI is InChI=1S/C20H21ClN4.2ClH/c21-14-4-7-20-22-11-19(25(20)12-14)18-3-1-2-15(24-18)8-13-9-16-5-6-17(10-13)23-16;;/h1-4,7,11-13,16-17,23H,5-6,8-10H2;2*1H/t13?,16-,17+;;. The Balaban J connectivity index is 0.00000105. The first kappa shape index (κ1) is 20.4. The van der Waals surface area contributed by atoms with Crippen molar-refractivity contribution >= 4 is 42.1 Å². The van der Waals surface area contributed by atoms with Gasteiger partial charge in [0.25, 0.3) is 0 Å². The van der Waals surface area contributed by atoms with Crippen molar-refractivity contribution in [3.8, 4) is 11.4 Å². The number of rotatable bonds is 3. The van der Waals surface area contributed by atoms with Gasteiger partial charge in [-0.3, -0.25) is 9.38 Å². The van der Waals surface area contributed by atoms with Crippen molar-refractivity contribution < 1.29 is 0 Å². The molecule has 3 atom stereocenters. The number of aromatic nitrogens is 3. The Morgan fingerprint density at radius 2 is 1.85 bits per heavy atom. The maximum Gasteiger partial charge on any atom is 0.137 e. The minimum atomic E-state index is 0. The first-order chi connectivity index (χ1) is 12.2. The van der Waals surface area contributed by atoms with E-state index in [2.05, 4.69) is 28.5 Å². The molecule has 2 bridgehead atoms. The maximum atomic E-state index is 6.15. The average Bonchev–Trinajstić information content (AvgIpc) is 3.18. The molecule has 2 fully saturated rings. The summed E-state index contributed by atoms with van der Waals surface area (Å²) in [5, 5.41) is 4.42. The van der Waals surface area contributed by atoms with E-state index in [4.69, 9.17) is 16.6 Å². The molecule has 1 unspecified atom stereocenters. The van der Waals surface area contributed by atoms with Gasteiger partial charge in [-0.1, -0.05) is 17.7 Å². The molecule has 0 aliphatic carbocycles. The van der Waals surface area contributed by atoms with Gasteiger partial charge in [0.05, 0.1) is 22.6 Å². The van der Waals surface area contributed by atoms with Gasteiger partial charge in [-0.2, -0.15) is 0 Å². The van der Waals surface area contributed by atoms with Crippen molar-refractivity contribution in [1.82, 2.24) is 19.7 Å². The van der Waals surface area contributed by atoms with Gasteiger partial charge in [-0.15, -0.1) is 24.8 Å². The lowest BCUT2D eigenvalue weighted by molar-refractivity contribution is 0.297. The Bertz CT molecular complexity index is 914. The molecule has 1 N–H and O–H groups in total. The minimum absolute atomic E-state index is 0. The molecule has 0 amide bonds. The molecular weight excluding hydrogens is 403 g/mol. The number of fused-ring (bicyclic) bond motifs is 3. The predicted molar refractivity (Wildman–Crippen MR) is 114 cm³/mol. The molecule has 3 aromatic heterocycles. The zero-order valence-electron chi connectivity index (χ0n) is 14.8. The SMILES string of the molecule is Cl.Cl.Clc1ccc2ncc(-c3cccc(CC4C[C@H]5CC[C@@H](C4)N5)n3)n2c1. The van der Waals surface area contributed by atoms with Crippen LogP contribution in [0.2, 0.25) is 5.02 Å². The fraction of sp³-hybridized carbons (Fsp3) is 0.400. The molecule has 2 aliphatic heterocycles. The topological polar surface area (TPSA) is 42.2 Å². The van der Waals surface area contributed by atoms with Crippen LogP contribution in [-0.2, 0) is 6.42 Å². The van der Waals surface area contributed by atoms with Crippen LogP contribution in [0.1, 0.15) is 31.4 Å². The third kappa shape index (κ3) is 4.09. The van der Waals surface area contributed by atoms with Crippen molar-refractivity contribution in [2.24, 2.45) is 5.92 Å².